The number of nitriles is 1. The van der Waals surface area contributed by atoms with Crippen LogP contribution in [0.5, 0.6) is 0 Å². The Morgan fingerprint density at radius 2 is 2.07 bits per heavy atom. The van der Waals surface area contributed by atoms with Crippen LogP contribution < -0.4 is 5.32 Å². The van der Waals surface area contributed by atoms with Crippen molar-refractivity contribution in [3.8, 4) is 6.07 Å². The molecule has 0 fully saturated rings. The first-order valence-electron chi connectivity index (χ1n) is 9.88. The first-order chi connectivity index (χ1) is 14.6. The number of ketones is 1. The lowest BCUT2D eigenvalue weighted by Gasteiger charge is -2.34. The first-order valence-corrected chi connectivity index (χ1v) is 9.88. The number of hydrogen-bond acceptors (Lipinski definition) is 6. The van der Waals surface area contributed by atoms with Crippen molar-refractivity contribution < 1.29 is 14.3 Å². The quantitative estimate of drug-likeness (QED) is 0.789. The number of benzene rings is 1. The molecule has 2 heterocycles. The second-order valence-corrected chi connectivity index (χ2v) is 7.44. The summed E-state index contributed by atoms with van der Waals surface area (Å²) in [5.41, 5.74) is 4.74. The van der Waals surface area contributed by atoms with Crippen LogP contribution in [0.4, 0.5) is 0 Å². The number of rotatable bonds is 4. The van der Waals surface area contributed by atoms with Crippen molar-refractivity contribution in [3.63, 3.8) is 0 Å². The predicted octanol–water partition coefficient (Wildman–Crippen LogP) is 3.66. The van der Waals surface area contributed by atoms with Gasteiger partial charge < -0.3 is 10.1 Å². The lowest BCUT2D eigenvalue weighted by molar-refractivity contribution is -0.140. The maximum absolute atomic E-state index is 13.1. The lowest BCUT2D eigenvalue weighted by Crippen LogP contribution is -2.34. The maximum atomic E-state index is 13.1. The van der Waals surface area contributed by atoms with Gasteiger partial charge in [0.1, 0.15) is 6.61 Å². The number of dihydropyridines is 1. The number of nitrogens with one attached hydrogen (secondary N) is 1. The highest BCUT2D eigenvalue weighted by Gasteiger charge is 2.39. The first kappa shape index (κ1) is 19.6. The van der Waals surface area contributed by atoms with E-state index in [1.54, 1.807) is 30.6 Å². The molecule has 0 saturated carbocycles. The van der Waals surface area contributed by atoms with E-state index in [-0.39, 0.29) is 12.4 Å². The highest BCUT2D eigenvalue weighted by atomic mass is 16.5. The number of pyridine rings is 1. The Hall–Kier alpha value is -3.72. The summed E-state index contributed by atoms with van der Waals surface area (Å²) >= 11 is 0. The van der Waals surface area contributed by atoms with Crippen LogP contribution in [-0.4, -0.2) is 16.7 Å². The van der Waals surface area contributed by atoms with Gasteiger partial charge in [-0.1, -0.05) is 18.2 Å². The molecule has 1 aliphatic heterocycles. The van der Waals surface area contributed by atoms with Crippen LogP contribution in [0.2, 0.25) is 0 Å². The van der Waals surface area contributed by atoms with Crippen LogP contribution in [-0.2, 0) is 20.9 Å². The molecule has 6 nitrogen and oxygen atoms in total. The number of aromatic nitrogens is 1. The molecule has 1 aromatic carbocycles. The van der Waals surface area contributed by atoms with Gasteiger partial charge in [-0.15, -0.1) is 0 Å². The zero-order valence-corrected chi connectivity index (χ0v) is 16.6. The van der Waals surface area contributed by atoms with E-state index in [2.05, 4.69) is 16.4 Å². The Bertz CT molecular complexity index is 1090. The minimum atomic E-state index is -0.511. The fraction of sp³-hybridized carbons (Fsp3) is 0.250. The summed E-state index contributed by atoms with van der Waals surface area (Å²) in [6.07, 6.45) is 5.33. The van der Waals surface area contributed by atoms with Crippen LogP contribution in [0.25, 0.3) is 0 Å². The summed E-state index contributed by atoms with van der Waals surface area (Å²) in [6, 6.07) is 12.8. The molecule has 0 radical (unpaired) electrons. The molecule has 6 heteroatoms. The van der Waals surface area contributed by atoms with Gasteiger partial charge in [0.2, 0.25) is 0 Å². The fourth-order valence-electron chi connectivity index (χ4n) is 4.05. The van der Waals surface area contributed by atoms with E-state index in [0.717, 1.165) is 29.7 Å². The van der Waals surface area contributed by atoms with Gasteiger partial charge in [0.25, 0.3) is 0 Å². The van der Waals surface area contributed by atoms with Gasteiger partial charge in [0, 0.05) is 47.3 Å². The third-order valence-electron chi connectivity index (χ3n) is 5.46. The Labute approximate surface area is 174 Å². The number of esters is 1. The normalized spacial score (nSPS) is 18.4. The minimum absolute atomic E-state index is 0.0446. The second-order valence-electron chi connectivity index (χ2n) is 7.44. The Morgan fingerprint density at radius 3 is 2.77 bits per heavy atom. The van der Waals surface area contributed by atoms with Crippen molar-refractivity contribution in [2.45, 2.75) is 38.7 Å². The molecule has 0 amide bonds. The summed E-state index contributed by atoms with van der Waals surface area (Å²) in [5.74, 6) is -0.936. The van der Waals surface area contributed by atoms with Crippen molar-refractivity contribution in [2.75, 3.05) is 0 Å². The number of carbonyl (C=O) groups excluding carboxylic acids is 2. The van der Waals surface area contributed by atoms with Crippen LogP contribution in [0, 0.1) is 11.3 Å². The smallest absolute Gasteiger partial charge is 0.337 e. The van der Waals surface area contributed by atoms with E-state index in [1.807, 2.05) is 25.1 Å². The van der Waals surface area contributed by atoms with E-state index >= 15 is 0 Å². The molecule has 1 aromatic heterocycles. The van der Waals surface area contributed by atoms with Crippen LogP contribution >= 0.6 is 0 Å². The maximum Gasteiger partial charge on any atom is 0.337 e. The number of ether oxygens (including phenoxy) is 1. The molecule has 150 valence electrons. The van der Waals surface area contributed by atoms with Gasteiger partial charge in [-0.3, -0.25) is 9.78 Å². The van der Waals surface area contributed by atoms with E-state index in [9.17, 15) is 9.59 Å². The molecular formula is C24H21N3O3. The standard InChI is InChI=1S/C24H21N3O3/c1-15-21(24(29)30-14-17-4-3-11-26-13-17)22(18-9-7-16(12-25)8-10-18)23-19(27-15)5-2-6-20(23)28/h3-4,7-11,13,22,27H,2,5-6,14H2,1H3. The summed E-state index contributed by atoms with van der Waals surface area (Å²) in [5, 5.41) is 12.4. The topological polar surface area (TPSA) is 92.1 Å². The van der Waals surface area contributed by atoms with E-state index in [0.29, 0.717) is 28.8 Å². The average Bonchev–Trinajstić information content (AvgIpc) is 2.77. The molecule has 1 N–H and O–H groups in total. The van der Waals surface area contributed by atoms with Crippen molar-refractivity contribution in [3.05, 3.63) is 88.0 Å². The third kappa shape index (κ3) is 3.74. The Balaban J connectivity index is 1.71. The summed E-state index contributed by atoms with van der Waals surface area (Å²) in [7, 11) is 0. The summed E-state index contributed by atoms with van der Waals surface area (Å²) in [6.45, 7) is 1.93. The van der Waals surface area contributed by atoms with Gasteiger partial charge in [-0.25, -0.2) is 4.79 Å². The molecule has 0 spiro atoms. The third-order valence-corrected chi connectivity index (χ3v) is 5.46. The predicted molar refractivity (Wildman–Crippen MR) is 110 cm³/mol. The Kier molecular flexibility index (Phi) is 5.44. The van der Waals surface area contributed by atoms with Crippen molar-refractivity contribution in [1.82, 2.24) is 10.3 Å². The molecule has 2 aromatic rings. The fourth-order valence-corrected chi connectivity index (χ4v) is 4.05. The molecule has 1 aliphatic carbocycles. The number of carbonyl (C=O) groups is 2. The number of Topliss-reactive ketones (excluding diaryl/α,β-unsaturated/α-hetero) is 1. The van der Waals surface area contributed by atoms with Gasteiger partial charge in [-0.2, -0.15) is 5.26 Å². The van der Waals surface area contributed by atoms with E-state index < -0.39 is 11.9 Å². The van der Waals surface area contributed by atoms with Crippen molar-refractivity contribution >= 4 is 11.8 Å². The zero-order valence-electron chi connectivity index (χ0n) is 16.6. The molecule has 0 saturated heterocycles. The van der Waals surface area contributed by atoms with Crippen LogP contribution in [0.15, 0.2) is 71.3 Å². The highest BCUT2D eigenvalue weighted by Crippen LogP contribution is 2.42. The molecule has 2 aliphatic rings. The van der Waals surface area contributed by atoms with Crippen LogP contribution in [0.1, 0.15) is 48.8 Å². The van der Waals surface area contributed by atoms with Gasteiger partial charge in [0.15, 0.2) is 5.78 Å². The van der Waals surface area contributed by atoms with Crippen molar-refractivity contribution in [1.29, 1.82) is 5.26 Å². The van der Waals surface area contributed by atoms with Gasteiger partial charge >= 0.3 is 5.97 Å². The molecule has 1 atom stereocenters. The average molecular weight is 399 g/mol. The zero-order chi connectivity index (χ0) is 21.1. The largest absolute Gasteiger partial charge is 0.457 e. The molecular weight excluding hydrogens is 378 g/mol. The lowest BCUT2D eigenvalue weighted by atomic mass is 9.75. The number of hydrogen-bond donors (Lipinski definition) is 1. The monoisotopic (exact) mass is 399 g/mol. The summed E-state index contributed by atoms with van der Waals surface area (Å²) < 4.78 is 5.59. The highest BCUT2D eigenvalue weighted by molar-refractivity contribution is 6.03. The second kappa shape index (κ2) is 8.34. The number of allylic oxidation sites excluding steroid dienone is 3. The Morgan fingerprint density at radius 1 is 1.27 bits per heavy atom. The number of nitrogens with zero attached hydrogens (tertiary/aromatic N) is 2. The molecule has 30 heavy (non-hydrogen) atoms. The summed E-state index contributed by atoms with van der Waals surface area (Å²) in [4.78, 5) is 30.0. The van der Waals surface area contributed by atoms with E-state index in [4.69, 9.17) is 10.00 Å². The minimum Gasteiger partial charge on any atom is -0.457 e. The molecule has 1 unspecified atom stereocenters. The van der Waals surface area contributed by atoms with Crippen LogP contribution in [0.3, 0.4) is 0 Å². The van der Waals surface area contributed by atoms with E-state index in [1.165, 1.54) is 0 Å². The van der Waals surface area contributed by atoms with Gasteiger partial charge in [-0.05, 0) is 43.5 Å². The van der Waals surface area contributed by atoms with Gasteiger partial charge in [0.05, 0.1) is 17.2 Å². The van der Waals surface area contributed by atoms with Crippen molar-refractivity contribution in [2.24, 2.45) is 0 Å². The molecule has 0 bridgehead atoms. The SMILES string of the molecule is CC1=C(C(=O)OCc2cccnc2)C(c2ccc(C#N)cc2)C2=C(CCCC2=O)N1. The molecule has 4 rings (SSSR count).